The molecule has 0 bridgehead atoms. The smallest absolute Gasteiger partial charge is 0.335 e. The van der Waals surface area contributed by atoms with Gasteiger partial charge in [0.1, 0.15) is 22.8 Å². The molecule has 0 spiro atoms. The average molecular weight is 396 g/mol. The minimum atomic E-state index is -0.861. The Labute approximate surface area is 167 Å². The number of benzene rings is 2. The van der Waals surface area contributed by atoms with Crippen molar-refractivity contribution in [1.82, 2.24) is 5.32 Å². The molecule has 0 radical (unpaired) electrons. The number of methoxy groups -OCH3 is 1. The number of phenolic OH excluding ortho intramolecular Hbond substituents is 1. The minimum Gasteiger partial charge on any atom is -0.508 e. The molecule has 0 aliphatic carbocycles. The number of barbiturate groups is 1. The highest BCUT2D eigenvalue weighted by atomic mass is 16.5. The largest absolute Gasteiger partial charge is 0.508 e. The molecule has 2 aromatic carbocycles. The first-order chi connectivity index (χ1) is 13.9. The monoisotopic (exact) mass is 396 g/mol. The Balaban J connectivity index is 2.01. The fourth-order valence-electron chi connectivity index (χ4n) is 2.75. The molecule has 1 heterocycles. The van der Waals surface area contributed by atoms with Crippen molar-refractivity contribution < 1.29 is 29.0 Å². The van der Waals surface area contributed by atoms with Crippen LogP contribution in [0, 0.1) is 0 Å². The van der Waals surface area contributed by atoms with Crippen LogP contribution in [0.2, 0.25) is 0 Å². The second-order valence-corrected chi connectivity index (χ2v) is 6.23. The SMILES string of the molecule is CCCOc1cc(OC)ccc1/C=C1\C(=O)NC(=O)N(c2ccc(O)cc2)C1=O. The maximum atomic E-state index is 12.9. The third-order valence-corrected chi connectivity index (χ3v) is 4.19. The highest BCUT2D eigenvalue weighted by Crippen LogP contribution is 2.29. The Morgan fingerprint density at radius 2 is 1.83 bits per heavy atom. The summed E-state index contributed by atoms with van der Waals surface area (Å²) in [4.78, 5) is 38.3. The molecule has 1 aliphatic rings. The van der Waals surface area contributed by atoms with E-state index in [9.17, 15) is 19.5 Å². The second-order valence-electron chi connectivity index (χ2n) is 6.23. The van der Waals surface area contributed by atoms with Gasteiger partial charge in [-0.1, -0.05) is 6.92 Å². The van der Waals surface area contributed by atoms with E-state index in [2.05, 4.69) is 5.32 Å². The number of rotatable bonds is 6. The highest BCUT2D eigenvalue weighted by Gasteiger charge is 2.37. The maximum absolute atomic E-state index is 12.9. The van der Waals surface area contributed by atoms with Gasteiger partial charge in [-0.25, -0.2) is 9.69 Å². The van der Waals surface area contributed by atoms with Gasteiger partial charge in [-0.05, 0) is 48.9 Å². The molecule has 1 fully saturated rings. The molecule has 8 heteroatoms. The predicted octanol–water partition coefficient (Wildman–Crippen LogP) is 2.86. The van der Waals surface area contributed by atoms with E-state index in [4.69, 9.17) is 9.47 Å². The number of carbonyl (C=O) groups excluding carboxylic acids is 3. The van der Waals surface area contributed by atoms with Crippen LogP contribution < -0.4 is 19.7 Å². The quantitative estimate of drug-likeness (QED) is 0.575. The van der Waals surface area contributed by atoms with E-state index < -0.39 is 17.8 Å². The summed E-state index contributed by atoms with van der Waals surface area (Å²) in [5.41, 5.74) is 0.503. The summed E-state index contributed by atoms with van der Waals surface area (Å²) in [6.07, 6.45) is 2.15. The molecule has 0 unspecified atom stereocenters. The van der Waals surface area contributed by atoms with E-state index in [0.717, 1.165) is 11.3 Å². The van der Waals surface area contributed by atoms with Gasteiger partial charge in [0.25, 0.3) is 11.8 Å². The zero-order chi connectivity index (χ0) is 21.0. The number of hydrogen-bond donors (Lipinski definition) is 2. The first kappa shape index (κ1) is 19.9. The van der Waals surface area contributed by atoms with Crippen LogP contribution >= 0.6 is 0 Å². The molecule has 0 aromatic heterocycles. The van der Waals surface area contributed by atoms with Gasteiger partial charge < -0.3 is 14.6 Å². The summed E-state index contributed by atoms with van der Waals surface area (Å²) in [6, 6.07) is 9.65. The van der Waals surface area contributed by atoms with Crippen LogP contribution in [0.3, 0.4) is 0 Å². The van der Waals surface area contributed by atoms with Crippen LogP contribution in [0.25, 0.3) is 6.08 Å². The van der Waals surface area contributed by atoms with Gasteiger partial charge in [-0.15, -0.1) is 0 Å². The second kappa shape index (κ2) is 8.47. The molecule has 4 amide bonds. The van der Waals surface area contributed by atoms with E-state index in [1.54, 1.807) is 18.2 Å². The number of amides is 4. The maximum Gasteiger partial charge on any atom is 0.335 e. The van der Waals surface area contributed by atoms with Gasteiger partial charge in [0.2, 0.25) is 0 Å². The molecule has 150 valence electrons. The van der Waals surface area contributed by atoms with Crippen molar-refractivity contribution in [3.05, 3.63) is 53.6 Å². The minimum absolute atomic E-state index is 0.0126. The van der Waals surface area contributed by atoms with Crippen LogP contribution in [0.5, 0.6) is 17.2 Å². The molecule has 3 rings (SSSR count). The third-order valence-electron chi connectivity index (χ3n) is 4.19. The van der Waals surface area contributed by atoms with E-state index in [1.807, 2.05) is 6.92 Å². The van der Waals surface area contributed by atoms with Crippen molar-refractivity contribution in [3.63, 3.8) is 0 Å². The lowest BCUT2D eigenvalue weighted by atomic mass is 10.1. The Morgan fingerprint density at radius 3 is 2.48 bits per heavy atom. The topological polar surface area (TPSA) is 105 Å². The molecule has 0 saturated carbocycles. The van der Waals surface area contributed by atoms with E-state index in [1.165, 1.54) is 37.5 Å². The van der Waals surface area contributed by atoms with Crippen LogP contribution in [-0.4, -0.2) is 36.7 Å². The first-order valence-corrected chi connectivity index (χ1v) is 8.96. The lowest BCUT2D eigenvalue weighted by Gasteiger charge is -2.26. The average Bonchev–Trinajstić information content (AvgIpc) is 2.71. The number of hydrogen-bond acceptors (Lipinski definition) is 6. The van der Waals surface area contributed by atoms with Crippen molar-refractivity contribution >= 4 is 29.6 Å². The zero-order valence-electron chi connectivity index (χ0n) is 16.0. The van der Waals surface area contributed by atoms with Crippen molar-refractivity contribution in [2.24, 2.45) is 0 Å². The Morgan fingerprint density at radius 1 is 1.10 bits per heavy atom. The highest BCUT2D eigenvalue weighted by molar-refractivity contribution is 6.39. The van der Waals surface area contributed by atoms with Gasteiger partial charge in [-0.2, -0.15) is 0 Å². The van der Waals surface area contributed by atoms with Crippen molar-refractivity contribution in [1.29, 1.82) is 0 Å². The van der Waals surface area contributed by atoms with E-state index in [-0.39, 0.29) is 17.0 Å². The Kier molecular flexibility index (Phi) is 5.82. The molecular formula is C21H20N2O6. The van der Waals surface area contributed by atoms with Gasteiger partial charge >= 0.3 is 6.03 Å². The standard InChI is InChI=1S/C21H20N2O6/c1-3-10-29-18-12-16(28-2)9-4-13(18)11-17-19(25)22-21(27)23(20(17)26)14-5-7-15(24)8-6-14/h4-9,11-12,24H,3,10H2,1-2H3,(H,22,25,27)/b17-11+. The van der Waals surface area contributed by atoms with E-state index >= 15 is 0 Å². The number of phenols is 1. The van der Waals surface area contributed by atoms with Crippen molar-refractivity contribution in [2.75, 3.05) is 18.6 Å². The zero-order valence-corrected chi connectivity index (χ0v) is 16.0. The number of anilines is 1. The Hall–Kier alpha value is -3.81. The summed E-state index contributed by atoms with van der Waals surface area (Å²) in [7, 11) is 1.52. The number of nitrogens with one attached hydrogen (secondary N) is 1. The fourth-order valence-corrected chi connectivity index (χ4v) is 2.75. The molecule has 0 atom stereocenters. The van der Waals surface area contributed by atoms with Gasteiger partial charge in [0.15, 0.2) is 0 Å². The molecule has 1 saturated heterocycles. The lowest BCUT2D eigenvalue weighted by molar-refractivity contribution is -0.122. The number of carbonyl (C=O) groups is 3. The van der Waals surface area contributed by atoms with Crippen molar-refractivity contribution in [3.8, 4) is 17.2 Å². The fraction of sp³-hybridized carbons (Fsp3) is 0.190. The molecule has 2 aromatic rings. The molecule has 29 heavy (non-hydrogen) atoms. The molecular weight excluding hydrogens is 376 g/mol. The molecule has 8 nitrogen and oxygen atoms in total. The van der Waals surface area contributed by atoms with Crippen LogP contribution in [0.15, 0.2) is 48.0 Å². The summed E-state index contributed by atoms with van der Waals surface area (Å²) in [6.45, 7) is 2.40. The lowest BCUT2D eigenvalue weighted by Crippen LogP contribution is -2.54. The normalized spacial score (nSPS) is 15.4. The van der Waals surface area contributed by atoms with Crippen LogP contribution in [0.4, 0.5) is 10.5 Å². The first-order valence-electron chi connectivity index (χ1n) is 8.96. The predicted molar refractivity (Wildman–Crippen MR) is 106 cm³/mol. The summed E-state index contributed by atoms with van der Waals surface area (Å²) in [5, 5.41) is 11.6. The van der Waals surface area contributed by atoms with Gasteiger partial charge in [0, 0.05) is 11.6 Å². The third kappa shape index (κ3) is 4.21. The van der Waals surface area contributed by atoms with Crippen LogP contribution in [-0.2, 0) is 9.59 Å². The number of urea groups is 1. The summed E-state index contributed by atoms with van der Waals surface area (Å²) < 4.78 is 10.9. The number of nitrogens with zero attached hydrogens (tertiary/aromatic N) is 1. The summed E-state index contributed by atoms with van der Waals surface area (Å²) >= 11 is 0. The number of aromatic hydroxyl groups is 1. The van der Waals surface area contributed by atoms with Gasteiger partial charge in [-0.3, -0.25) is 14.9 Å². The Bertz CT molecular complexity index is 981. The number of imide groups is 2. The van der Waals surface area contributed by atoms with E-state index in [0.29, 0.717) is 23.7 Å². The molecule has 2 N–H and O–H groups in total. The van der Waals surface area contributed by atoms with Crippen LogP contribution in [0.1, 0.15) is 18.9 Å². The summed E-state index contributed by atoms with van der Waals surface area (Å²) in [5.74, 6) is -0.568. The van der Waals surface area contributed by atoms with Gasteiger partial charge in [0.05, 0.1) is 19.4 Å². The number of ether oxygens (including phenoxy) is 2. The van der Waals surface area contributed by atoms with Crippen molar-refractivity contribution in [2.45, 2.75) is 13.3 Å². The molecule has 1 aliphatic heterocycles.